The molecule has 0 saturated carbocycles. The zero-order valence-corrected chi connectivity index (χ0v) is 39.3. The van der Waals surface area contributed by atoms with Gasteiger partial charge in [-0.1, -0.05) is 24.8 Å². The van der Waals surface area contributed by atoms with Gasteiger partial charge in [0.15, 0.2) is 12.5 Å². The molecule has 2 saturated heterocycles. The minimum atomic E-state index is -0.862. The molecule has 2 aromatic carbocycles. The summed E-state index contributed by atoms with van der Waals surface area (Å²) in [5.41, 5.74) is 6.74. The van der Waals surface area contributed by atoms with Crippen LogP contribution in [0.25, 0.3) is 11.1 Å². The molecule has 358 valence electrons. The fraction of sp³-hybridized carbons (Fsp3) is 0.392. The van der Waals surface area contributed by atoms with Gasteiger partial charge in [0.1, 0.15) is 23.7 Å². The van der Waals surface area contributed by atoms with E-state index in [0.29, 0.717) is 77.7 Å². The van der Waals surface area contributed by atoms with Crippen molar-refractivity contribution in [2.24, 2.45) is 21.1 Å². The Hall–Kier alpha value is -7.11. The molecule has 0 radical (unpaired) electrons. The topological polar surface area (TPSA) is 180 Å². The van der Waals surface area contributed by atoms with Gasteiger partial charge in [0.05, 0.1) is 35.3 Å². The number of aryl methyl sites for hydroxylation is 5. The summed E-state index contributed by atoms with van der Waals surface area (Å²) in [7, 11) is 5.47. The van der Waals surface area contributed by atoms with Gasteiger partial charge < -0.3 is 53.5 Å². The quantitative estimate of drug-likeness (QED) is 0.0688. The largest absolute Gasteiger partial charge is 0.493 e. The highest BCUT2D eigenvalue weighted by Gasteiger charge is 2.46. The number of hydrogen-bond donors (Lipinski definition) is 3. The van der Waals surface area contributed by atoms with Crippen molar-refractivity contribution in [3.05, 3.63) is 114 Å². The molecule has 0 bridgehead atoms. The number of nitrogens with zero attached hydrogens (tertiary/aromatic N) is 5. The van der Waals surface area contributed by atoms with Crippen molar-refractivity contribution in [3.8, 4) is 16.9 Å². The number of hydrogen-bond acceptors (Lipinski definition) is 9. The van der Waals surface area contributed by atoms with Crippen LogP contribution >= 0.6 is 0 Å². The number of piperidine rings is 1. The smallest absolute Gasteiger partial charge is 0.416 e. The summed E-state index contributed by atoms with van der Waals surface area (Å²) in [4.78, 5) is 71.0. The van der Waals surface area contributed by atoms with Crippen LogP contribution in [0.15, 0.2) is 85.8 Å². The molecule has 6 heterocycles. The van der Waals surface area contributed by atoms with Crippen LogP contribution in [0, 0.1) is 13.8 Å². The summed E-state index contributed by atoms with van der Waals surface area (Å²) >= 11 is 0. The monoisotopic (exact) mass is 928 g/mol. The highest BCUT2D eigenvalue weighted by Crippen LogP contribution is 2.40. The molecule has 8 rings (SSSR count). The summed E-state index contributed by atoms with van der Waals surface area (Å²) < 4.78 is 29.8. The number of ether oxygens (including phenoxy) is 4. The number of nitrogens with one attached hydrogen (secondary N) is 3. The number of rotatable bonds is 15. The molecule has 68 heavy (non-hydrogen) atoms. The fourth-order valence-corrected chi connectivity index (χ4v) is 9.03. The van der Waals surface area contributed by atoms with Crippen molar-refractivity contribution in [3.63, 3.8) is 0 Å². The lowest BCUT2D eigenvalue weighted by molar-refractivity contribution is -0.198. The van der Waals surface area contributed by atoms with Gasteiger partial charge in [-0.2, -0.15) is 0 Å². The number of amides is 5. The molecule has 2 fully saturated rings. The minimum absolute atomic E-state index is 0.0273. The van der Waals surface area contributed by atoms with Crippen LogP contribution < -0.4 is 25.6 Å². The van der Waals surface area contributed by atoms with Gasteiger partial charge in [-0.15, -0.1) is 0 Å². The number of carbonyl (C=O) groups excluding carboxylic acids is 5. The van der Waals surface area contributed by atoms with Crippen LogP contribution in [-0.4, -0.2) is 93.2 Å². The fourth-order valence-electron chi connectivity index (χ4n) is 9.03. The summed E-state index contributed by atoms with van der Waals surface area (Å²) in [5, 5.41) is 8.76. The van der Waals surface area contributed by atoms with E-state index in [-0.39, 0.29) is 43.3 Å². The van der Waals surface area contributed by atoms with E-state index in [4.69, 9.17) is 18.9 Å². The highest BCUT2D eigenvalue weighted by molar-refractivity contribution is 6.07. The van der Waals surface area contributed by atoms with E-state index in [1.54, 1.807) is 52.7 Å². The zero-order valence-electron chi connectivity index (χ0n) is 39.3. The van der Waals surface area contributed by atoms with Crippen molar-refractivity contribution in [2.45, 2.75) is 83.8 Å². The third-order valence-corrected chi connectivity index (χ3v) is 12.7. The lowest BCUT2D eigenvalue weighted by Crippen LogP contribution is -2.57. The summed E-state index contributed by atoms with van der Waals surface area (Å²) in [6.07, 6.45) is 10.2. The average molecular weight is 929 g/mol. The molecule has 5 aromatic rings. The maximum atomic E-state index is 14.2. The molecular formula is C51H60N8O9. The van der Waals surface area contributed by atoms with Crippen molar-refractivity contribution in [1.29, 1.82) is 0 Å². The first kappa shape index (κ1) is 47.4. The molecule has 17 heteroatoms. The number of aromatic nitrogens is 3. The lowest BCUT2D eigenvalue weighted by atomic mass is 10.00. The van der Waals surface area contributed by atoms with Crippen LogP contribution in [-0.2, 0) is 40.1 Å². The predicted octanol–water partition coefficient (Wildman–Crippen LogP) is 8.29. The molecule has 3 N–H and O–H groups in total. The van der Waals surface area contributed by atoms with Crippen molar-refractivity contribution >= 4 is 52.5 Å². The van der Waals surface area contributed by atoms with E-state index in [2.05, 4.69) is 22.5 Å². The second-order valence-corrected chi connectivity index (χ2v) is 17.7. The number of anilines is 4. The third kappa shape index (κ3) is 10.5. The molecule has 3 atom stereocenters. The van der Waals surface area contributed by atoms with E-state index in [1.807, 2.05) is 74.1 Å². The Kier molecular flexibility index (Phi) is 14.5. The Labute approximate surface area is 395 Å². The van der Waals surface area contributed by atoms with E-state index >= 15 is 0 Å². The van der Waals surface area contributed by atoms with Gasteiger partial charge in [-0.3, -0.25) is 19.2 Å². The van der Waals surface area contributed by atoms with E-state index in [9.17, 15) is 24.0 Å². The van der Waals surface area contributed by atoms with Crippen LogP contribution in [0.3, 0.4) is 0 Å². The first-order valence-electron chi connectivity index (χ1n) is 23.2. The number of carbonyl (C=O) groups is 5. The maximum absolute atomic E-state index is 14.2. The van der Waals surface area contributed by atoms with E-state index in [1.165, 1.54) is 11.0 Å². The molecule has 5 amide bonds. The Morgan fingerprint density at radius 2 is 1.50 bits per heavy atom. The van der Waals surface area contributed by atoms with Crippen molar-refractivity contribution < 1.29 is 42.9 Å². The Bertz CT molecular complexity index is 2670. The van der Waals surface area contributed by atoms with Gasteiger partial charge in [0, 0.05) is 82.3 Å². The second kappa shape index (κ2) is 20.8. The SMILES string of the molecule is C=CCOC(=O)N1c2cc(OCCCC(=O)Nc3cc(C(=O)Nc4ccc(-c5cc(C(=O)Nc6cc(C)n(C)c6)n(C)c5)cc4)n(C)c3)c(C)cc2C(=O)N2CCCC[C@H]2C1OC1CCCCO1. The third-order valence-electron chi connectivity index (χ3n) is 12.7. The molecule has 3 aliphatic heterocycles. The summed E-state index contributed by atoms with van der Waals surface area (Å²) in [5.74, 6) is -0.573. The van der Waals surface area contributed by atoms with Crippen LogP contribution in [0.5, 0.6) is 5.75 Å². The molecule has 0 spiro atoms. The number of fused-ring (bicyclic) bond motifs is 2. The lowest BCUT2D eigenvalue weighted by Gasteiger charge is -2.42. The first-order chi connectivity index (χ1) is 32.8. The minimum Gasteiger partial charge on any atom is -0.493 e. The predicted molar refractivity (Wildman–Crippen MR) is 258 cm³/mol. The summed E-state index contributed by atoms with van der Waals surface area (Å²) in [6, 6.07) is 15.7. The molecule has 3 aromatic heterocycles. The molecule has 0 aliphatic carbocycles. The van der Waals surface area contributed by atoms with Crippen LogP contribution in [0.4, 0.5) is 27.5 Å². The average Bonchev–Trinajstić information content (AvgIpc) is 3.99. The molecule has 17 nitrogen and oxygen atoms in total. The standard InChI is InChI=1S/C51H60N8O9/c1-7-21-67-51(64)59-41-28-44(32(2)24-39(41)49(63)58-20-10-8-13-40(58)50(59)68-46-15-9-11-22-66-46)65-23-12-14-45(60)52-38-27-43(57(6)31-38)48(62)53-36-18-16-34(17-19-36)35-26-42(56(5)29-35)47(61)54-37-25-33(3)55(4)30-37/h7,16-19,24-31,40,46,50H,1,8-15,20-23H2,2-6H3,(H,52,60)(H,53,62)(H,54,61)/t40-,46?,50?/m0/s1. The van der Waals surface area contributed by atoms with Gasteiger partial charge in [-0.25, -0.2) is 9.69 Å². The summed E-state index contributed by atoms with van der Waals surface area (Å²) in [6.45, 7) is 8.74. The van der Waals surface area contributed by atoms with Crippen LogP contribution in [0.2, 0.25) is 0 Å². The van der Waals surface area contributed by atoms with Crippen molar-refractivity contribution in [1.82, 2.24) is 18.6 Å². The Morgan fingerprint density at radius 3 is 2.22 bits per heavy atom. The highest BCUT2D eigenvalue weighted by atomic mass is 16.7. The molecule has 2 unspecified atom stereocenters. The molecular weight excluding hydrogens is 869 g/mol. The normalized spacial score (nSPS) is 18.0. The Balaban J connectivity index is 0.872. The van der Waals surface area contributed by atoms with Gasteiger partial charge >= 0.3 is 6.09 Å². The van der Waals surface area contributed by atoms with Gasteiger partial charge in [-0.05, 0) is 106 Å². The molecule has 3 aliphatic rings. The van der Waals surface area contributed by atoms with E-state index in [0.717, 1.165) is 48.2 Å². The first-order valence-corrected chi connectivity index (χ1v) is 23.2. The Morgan fingerprint density at radius 1 is 0.794 bits per heavy atom. The van der Waals surface area contributed by atoms with Crippen LogP contribution in [0.1, 0.15) is 94.0 Å². The van der Waals surface area contributed by atoms with Gasteiger partial charge in [0.25, 0.3) is 17.7 Å². The van der Waals surface area contributed by atoms with Gasteiger partial charge in [0.2, 0.25) is 5.91 Å². The second-order valence-electron chi connectivity index (χ2n) is 17.7. The van der Waals surface area contributed by atoms with E-state index < -0.39 is 24.7 Å². The zero-order chi connectivity index (χ0) is 48.1. The van der Waals surface area contributed by atoms with Crippen molar-refractivity contribution in [2.75, 3.05) is 47.2 Å². The maximum Gasteiger partial charge on any atom is 0.416 e. The number of benzene rings is 2.